The van der Waals surface area contributed by atoms with Gasteiger partial charge in [-0.3, -0.25) is 0 Å². The first kappa shape index (κ1) is 14.6. The third-order valence-corrected chi connectivity index (χ3v) is 4.81. The molecule has 24 heavy (non-hydrogen) atoms. The van der Waals surface area contributed by atoms with Gasteiger partial charge in [-0.15, -0.1) is 0 Å². The number of likely N-dealkylation sites (N-methyl/N-ethyl adjacent to an activating group) is 1. The normalized spacial score (nSPS) is 21.3. The Balaban J connectivity index is 1.64. The summed E-state index contributed by atoms with van der Waals surface area (Å²) in [6, 6.07) is 2.47. The van der Waals surface area contributed by atoms with Crippen molar-refractivity contribution in [2.24, 2.45) is 0 Å². The van der Waals surface area contributed by atoms with Crippen molar-refractivity contribution in [2.75, 3.05) is 30.9 Å². The molecule has 7 heteroatoms. The Morgan fingerprint density at radius 3 is 3.12 bits per heavy atom. The molecule has 0 fully saturated rings. The number of nitriles is 1. The molecule has 122 valence electrons. The van der Waals surface area contributed by atoms with E-state index in [1.54, 1.807) is 6.33 Å². The predicted octanol–water partition coefficient (Wildman–Crippen LogP) is 1.62. The van der Waals surface area contributed by atoms with E-state index in [0.717, 1.165) is 42.4 Å². The highest BCUT2D eigenvalue weighted by Gasteiger charge is 2.31. The van der Waals surface area contributed by atoms with Gasteiger partial charge >= 0.3 is 0 Å². The van der Waals surface area contributed by atoms with Gasteiger partial charge < -0.3 is 20.0 Å². The lowest BCUT2D eigenvalue weighted by molar-refractivity contribution is 0.346. The van der Waals surface area contributed by atoms with Crippen LogP contribution < -0.4 is 10.2 Å². The van der Waals surface area contributed by atoms with Crippen molar-refractivity contribution in [2.45, 2.75) is 18.9 Å². The van der Waals surface area contributed by atoms with Crippen molar-refractivity contribution in [1.29, 1.82) is 5.26 Å². The van der Waals surface area contributed by atoms with Gasteiger partial charge in [0.15, 0.2) is 0 Å². The van der Waals surface area contributed by atoms with Crippen molar-refractivity contribution in [3.8, 4) is 6.07 Å². The zero-order valence-electron chi connectivity index (χ0n) is 13.8. The van der Waals surface area contributed by atoms with E-state index in [9.17, 15) is 5.26 Å². The van der Waals surface area contributed by atoms with E-state index < -0.39 is 0 Å². The Bertz CT molecular complexity index is 802. The Morgan fingerprint density at radius 1 is 1.42 bits per heavy atom. The van der Waals surface area contributed by atoms with Crippen molar-refractivity contribution in [1.82, 2.24) is 19.8 Å². The molecule has 1 aromatic rings. The molecule has 0 spiro atoms. The zero-order valence-corrected chi connectivity index (χ0v) is 13.8. The van der Waals surface area contributed by atoms with Gasteiger partial charge in [-0.05, 0) is 25.1 Å². The molecule has 1 aromatic heterocycles. The fourth-order valence-electron chi connectivity index (χ4n) is 3.43. The van der Waals surface area contributed by atoms with E-state index in [2.05, 4.69) is 50.4 Å². The number of hydrogen-bond acceptors (Lipinski definition) is 7. The molecule has 3 aliphatic rings. The second-order valence-electron chi connectivity index (χ2n) is 6.15. The van der Waals surface area contributed by atoms with Gasteiger partial charge in [0.2, 0.25) is 0 Å². The number of anilines is 2. The molecule has 4 rings (SSSR count). The monoisotopic (exact) mass is 321 g/mol. The highest BCUT2D eigenvalue weighted by molar-refractivity contribution is 5.62. The summed E-state index contributed by atoms with van der Waals surface area (Å²) >= 11 is 0. The highest BCUT2D eigenvalue weighted by Crippen LogP contribution is 2.32. The minimum absolute atomic E-state index is 0.232. The molecule has 7 nitrogen and oxygen atoms in total. The largest absolute Gasteiger partial charge is 0.353 e. The molecular weight excluding hydrogens is 302 g/mol. The van der Waals surface area contributed by atoms with Gasteiger partial charge in [0.05, 0.1) is 6.04 Å². The number of allylic oxidation sites excluding steroid dienone is 2. The molecule has 0 aliphatic carbocycles. The van der Waals surface area contributed by atoms with Crippen LogP contribution in [0.5, 0.6) is 0 Å². The number of hydrogen-bond donors (Lipinski definition) is 1. The fourth-order valence-corrected chi connectivity index (χ4v) is 3.43. The SMILES string of the molecule is CN1C(C#N)=CN2CCC(N(C)c3ncnc4c3CC=CN4)C=C21. The first-order valence-electron chi connectivity index (χ1n) is 8.01. The maximum absolute atomic E-state index is 9.21. The lowest BCUT2D eigenvalue weighted by Gasteiger charge is -2.36. The van der Waals surface area contributed by atoms with Gasteiger partial charge in [0, 0.05) is 32.4 Å². The van der Waals surface area contributed by atoms with Crippen molar-refractivity contribution >= 4 is 11.6 Å². The minimum atomic E-state index is 0.232. The zero-order chi connectivity index (χ0) is 16.7. The smallest absolute Gasteiger partial charge is 0.138 e. The molecule has 4 heterocycles. The van der Waals surface area contributed by atoms with Gasteiger partial charge in [-0.25, -0.2) is 9.97 Å². The van der Waals surface area contributed by atoms with Crippen LogP contribution in [0.1, 0.15) is 12.0 Å². The lowest BCUT2D eigenvalue weighted by atomic mass is 10.1. The van der Waals surface area contributed by atoms with E-state index in [0.29, 0.717) is 5.70 Å². The summed E-state index contributed by atoms with van der Waals surface area (Å²) in [5.74, 6) is 2.91. The third kappa shape index (κ3) is 2.19. The maximum atomic E-state index is 9.21. The molecule has 0 saturated heterocycles. The molecule has 1 unspecified atom stereocenters. The van der Waals surface area contributed by atoms with Crippen LogP contribution in [0.3, 0.4) is 0 Å². The summed E-state index contributed by atoms with van der Waals surface area (Å²) in [4.78, 5) is 15.1. The molecule has 1 atom stereocenters. The van der Waals surface area contributed by atoms with Crippen LogP contribution in [0.15, 0.2) is 42.4 Å². The van der Waals surface area contributed by atoms with Crippen molar-refractivity contribution < 1.29 is 0 Å². The lowest BCUT2D eigenvalue weighted by Crippen LogP contribution is -2.40. The minimum Gasteiger partial charge on any atom is -0.353 e. The maximum Gasteiger partial charge on any atom is 0.138 e. The number of fused-ring (bicyclic) bond motifs is 2. The van der Waals surface area contributed by atoms with Crippen LogP contribution >= 0.6 is 0 Å². The van der Waals surface area contributed by atoms with E-state index in [-0.39, 0.29) is 6.04 Å². The number of aromatic nitrogens is 2. The van der Waals surface area contributed by atoms with E-state index in [4.69, 9.17) is 0 Å². The molecule has 3 aliphatic heterocycles. The third-order valence-electron chi connectivity index (χ3n) is 4.81. The predicted molar refractivity (Wildman–Crippen MR) is 91.6 cm³/mol. The summed E-state index contributed by atoms with van der Waals surface area (Å²) in [7, 11) is 4.01. The van der Waals surface area contributed by atoms with Crippen LogP contribution in [0.4, 0.5) is 11.6 Å². The topological polar surface area (TPSA) is 71.3 Å². The first-order valence-corrected chi connectivity index (χ1v) is 8.01. The Hall–Kier alpha value is -3.01. The quantitative estimate of drug-likeness (QED) is 0.887. The molecule has 0 radical (unpaired) electrons. The average Bonchev–Trinajstić information content (AvgIpc) is 2.96. The second kappa shape index (κ2) is 5.57. The van der Waals surface area contributed by atoms with Crippen LogP contribution in [-0.4, -0.2) is 46.4 Å². The van der Waals surface area contributed by atoms with Gasteiger partial charge in [0.25, 0.3) is 0 Å². The van der Waals surface area contributed by atoms with E-state index in [1.165, 1.54) is 0 Å². The van der Waals surface area contributed by atoms with Crippen LogP contribution in [0.25, 0.3) is 0 Å². The van der Waals surface area contributed by atoms with Crippen LogP contribution in [0, 0.1) is 11.3 Å². The average molecular weight is 321 g/mol. The number of nitrogens with zero attached hydrogens (tertiary/aromatic N) is 6. The van der Waals surface area contributed by atoms with Crippen LogP contribution in [0.2, 0.25) is 0 Å². The molecule has 1 N–H and O–H groups in total. The molecule has 0 bridgehead atoms. The summed E-state index contributed by atoms with van der Waals surface area (Å²) in [6.45, 7) is 0.891. The van der Waals surface area contributed by atoms with Crippen LogP contribution in [-0.2, 0) is 6.42 Å². The van der Waals surface area contributed by atoms with Gasteiger partial charge in [-0.1, -0.05) is 6.08 Å². The summed E-state index contributed by atoms with van der Waals surface area (Å²) < 4.78 is 0. The van der Waals surface area contributed by atoms with Gasteiger partial charge in [-0.2, -0.15) is 5.26 Å². The molecule has 0 aromatic carbocycles. The van der Waals surface area contributed by atoms with E-state index in [1.807, 2.05) is 24.3 Å². The number of rotatable bonds is 2. The highest BCUT2D eigenvalue weighted by atomic mass is 15.4. The number of nitrogens with one attached hydrogen (secondary N) is 1. The Kier molecular flexibility index (Phi) is 3.38. The van der Waals surface area contributed by atoms with Crippen molar-refractivity contribution in [3.63, 3.8) is 0 Å². The van der Waals surface area contributed by atoms with Gasteiger partial charge in [0.1, 0.15) is 35.6 Å². The first-order chi connectivity index (χ1) is 11.7. The standard InChI is InChI=1S/C17H19N7/c1-22-13(9-18)10-24-7-5-12(8-15(22)24)23(2)17-14-4-3-6-19-16(14)20-11-21-17/h3,6,8,10-12H,4-5,7H2,1-2H3,(H,19,20,21). The molecule has 0 saturated carbocycles. The molecular formula is C17H19N7. The van der Waals surface area contributed by atoms with Crippen molar-refractivity contribution in [3.05, 3.63) is 48.0 Å². The fraction of sp³-hybridized carbons (Fsp3) is 0.353. The van der Waals surface area contributed by atoms with E-state index >= 15 is 0 Å². The Morgan fingerprint density at radius 2 is 2.29 bits per heavy atom. The summed E-state index contributed by atoms with van der Waals surface area (Å²) in [6.07, 6.45) is 11.5. The summed E-state index contributed by atoms with van der Waals surface area (Å²) in [5, 5.41) is 12.4. The molecule has 0 amide bonds. The Labute approximate surface area is 141 Å². The summed E-state index contributed by atoms with van der Waals surface area (Å²) in [5.41, 5.74) is 1.80. The second-order valence-corrected chi connectivity index (χ2v) is 6.15.